The summed E-state index contributed by atoms with van der Waals surface area (Å²) in [6.07, 6.45) is 0.850. The first-order valence-electron chi connectivity index (χ1n) is 8.06. The Labute approximate surface area is 145 Å². The van der Waals surface area contributed by atoms with Crippen LogP contribution in [-0.2, 0) is 0 Å². The fourth-order valence-electron chi connectivity index (χ4n) is 2.31. The number of para-hydroxylation sites is 1. The Hall–Kier alpha value is -2.96. The number of fused-ring (bicyclic) bond motifs is 1. The van der Waals surface area contributed by atoms with Crippen molar-refractivity contribution in [2.45, 2.75) is 6.42 Å². The second-order valence-corrected chi connectivity index (χ2v) is 5.38. The minimum Gasteiger partial charge on any atom is -0.490 e. The van der Waals surface area contributed by atoms with E-state index in [-0.39, 0.29) is 18.3 Å². The van der Waals surface area contributed by atoms with Crippen LogP contribution in [0.1, 0.15) is 6.42 Å². The average molecular weight is 345 g/mol. The van der Waals surface area contributed by atoms with Crippen LogP contribution in [0, 0.1) is 5.82 Å². The maximum atomic E-state index is 13.4. The number of rotatable bonds is 5. The Morgan fingerprint density at radius 3 is 2.80 bits per heavy atom. The van der Waals surface area contributed by atoms with Gasteiger partial charge in [0.25, 0.3) is 0 Å². The Morgan fingerprint density at radius 1 is 1.16 bits per heavy atom. The quantitative estimate of drug-likeness (QED) is 0.495. The van der Waals surface area contributed by atoms with Crippen LogP contribution in [0.3, 0.4) is 0 Å². The van der Waals surface area contributed by atoms with E-state index < -0.39 is 5.82 Å². The van der Waals surface area contributed by atoms with Crippen molar-refractivity contribution < 1.29 is 18.6 Å². The highest BCUT2D eigenvalue weighted by atomic mass is 19.1. The number of ether oxygens (including phenoxy) is 3. The first-order chi connectivity index (χ1) is 12.2. The molecule has 0 bridgehead atoms. The summed E-state index contributed by atoms with van der Waals surface area (Å²) in [6.45, 7) is 1.79. The molecule has 0 aromatic heterocycles. The summed E-state index contributed by atoms with van der Waals surface area (Å²) in [4.78, 5) is 4.16. The number of anilines is 1. The molecule has 2 aromatic carbocycles. The van der Waals surface area contributed by atoms with Crippen LogP contribution < -0.4 is 25.3 Å². The highest BCUT2D eigenvalue weighted by molar-refractivity contribution is 5.92. The molecule has 0 saturated carbocycles. The SMILES string of the molecule is NC(=NCCOc1ccccc1F)Nc1ccc2c(c1)OCCCO2. The molecule has 1 heterocycles. The predicted molar refractivity (Wildman–Crippen MR) is 94.1 cm³/mol. The van der Waals surface area contributed by atoms with E-state index in [2.05, 4.69) is 10.3 Å². The molecule has 2 aromatic rings. The molecule has 0 saturated heterocycles. The maximum absolute atomic E-state index is 13.4. The molecule has 25 heavy (non-hydrogen) atoms. The molecule has 0 aliphatic carbocycles. The van der Waals surface area contributed by atoms with Gasteiger partial charge in [0.05, 0.1) is 19.8 Å². The largest absolute Gasteiger partial charge is 0.490 e. The molecule has 3 N–H and O–H groups in total. The number of aliphatic imine (C=N–C) groups is 1. The zero-order valence-corrected chi connectivity index (χ0v) is 13.7. The molecule has 3 rings (SSSR count). The predicted octanol–water partition coefficient (Wildman–Crippen LogP) is 2.79. The summed E-state index contributed by atoms with van der Waals surface area (Å²) >= 11 is 0. The highest BCUT2D eigenvalue weighted by Crippen LogP contribution is 2.32. The van der Waals surface area contributed by atoms with E-state index in [0.717, 1.165) is 17.9 Å². The van der Waals surface area contributed by atoms with Crippen LogP contribution in [0.2, 0.25) is 0 Å². The van der Waals surface area contributed by atoms with Gasteiger partial charge in [-0.1, -0.05) is 12.1 Å². The number of halogens is 1. The van der Waals surface area contributed by atoms with Gasteiger partial charge >= 0.3 is 0 Å². The van der Waals surface area contributed by atoms with Crippen LogP contribution in [0.15, 0.2) is 47.5 Å². The van der Waals surface area contributed by atoms with Crippen LogP contribution in [0.5, 0.6) is 17.2 Å². The van der Waals surface area contributed by atoms with Crippen molar-refractivity contribution in [3.63, 3.8) is 0 Å². The zero-order chi connectivity index (χ0) is 17.5. The van der Waals surface area contributed by atoms with E-state index >= 15 is 0 Å². The van der Waals surface area contributed by atoms with Crippen molar-refractivity contribution in [1.82, 2.24) is 0 Å². The summed E-state index contributed by atoms with van der Waals surface area (Å²) in [5.74, 6) is 1.44. The van der Waals surface area contributed by atoms with Gasteiger partial charge in [-0.25, -0.2) is 9.38 Å². The fourth-order valence-corrected chi connectivity index (χ4v) is 2.31. The van der Waals surface area contributed by atoms with Gasteiger partial charge in [0, 0.05) is 18.2 Å². The van der Waals surface area contributed by atoms with Crippen molar-refractivity contribution in [1.29, 1.82) is 0 Å². The molecule has 0 spiro atoms. The second-order valence-electron chi connectivity index (χ2n) is 5.38. The normalized spacial score (nSPS) is 13.9. The maximum Gasteiger partial charge on any atom is 0.193 e. The van der Waals surface area contributed by atoms with Gasteiger partial charge in [-0.3, -0.25) is 0 Å². The third kappa shape index (κ3) is 4.76. The van der Waals surface area contributed by atoms with Crippen molar-refractivity contribution in [2.24, 2.45) is 10.7 Å². The van der Waals surface area contributed by atoms with Crippen LogP contribution >= 0.6 is 0 Å². The van der Waals surface area contributed by atoms with Gasteiger partial charge in [0.1, 0.15) is 6.61 Å². The molecule has 1 aliphatic heterocycles. The van der Waals surface area contributed by atoms with E-state index in [1.165, 1.54) is 6.07 Å². The third-order valence-corrected chi connectivity index (χ3v) is 3.49. The van der Waals surface area contributed by atoms with Gasteiger partial charge in [0.2, 0.25) is 0 Å². The monoisotopic (exact) mass is 345 g/mol. The Kier molecular flexibility index (Phi) is 5.56. The van der Waals surface area contributed by atoms with Crippen LogP contribution in [0.4, 0.5) is 10.1 Å². The number of hydrogen-bond donors (Lipinski definition) is 2. The lowest BCUT2D eigenvalue weighted by atomic mass is 10.3. The van der Waals surface area contributed by atoms with Gasteiger partial charge in [0.15, 0.2) is 29.0 Å². The number of hydrogen-bond acceptors (Lipinski definition) is 4. The van der Waals surface area contributed by atoms with Crippen LogP contribution in [-0.4, -0.2) is 32.3 Å². The summed E-state index contributed by atoms with van der Waals surface area (Å²) < 4.78 is 29.9. The third-order valence-electron chi connectivity index (χ3n) is 3.49. The Bertz CT molecular complexity index is 752. The molecule has 0 radical (unpaired) electrons. The van der Waals surface area contributed by atoms with Crippen molar-refractivity contribution in [3.05, 3.63) is 48.3 Å². The number of guanidine groups is 1. The van der Waals surface area contributed by atoms with E-state index in [9.17, 15) is 4.39 Å². The highest BCUT2D eigenvalue weighted by Gasteiger charge is 2.10. The number of nitrogens with one attached hydrogen (secondary N) is 1. The molecule has 0 atom stereocenters. The topological polar surface area (TPSA) is 78.1 Å². The molecule has 0 fully saturated rings. The Morgan fingerprint density at radius 2 is 1.96 bits per heavy atom. The lowest BCUT2D eigenvalue weighted by Crippen LogP contribution is -2.23. The molecule has 6 nitrogen and oxygen atoms in total. The minimum absolute atomic E-state index is 0.201. The summed E-state index contributed by atoms with van der Waals surface area (Å²) in [7, 11) is 0. The number of nitrogens with two attached hydrogens (primary N) is 1. The summed E-state index contributed by atoms with van der Waals surface area (Å²) in [5, 5.41) is 2.99. The Balaban J connectivity index is 1.51. The first kappa shape index (κ1) is 16.9. The van der Waals surface area contributed by atoms with E-state index in [1.54, 1.807) is 18.2 Å². The minimum atomic E-state index is -0.398. The van der Waals surface area contributed by atoms with E-state index in [0.29, 0.717) is 25.5 Å². The van der Waals surface area contributed by atoms with E-state index in [1.807, 2.05) is 18.2 Å². The summed E-state index contributed by atoms with van der Waals surface area (Å²) in [5.41, 5.74) is 6.61. The molecule has 0 amide bonds. The average Bonchev–Trinajstić information content (AvgIpc) is 2.85. The number of benzene rings is 2. The standard InChI is InChI=1S/C18H20FN3O3/c19-14-4-1-2-5-15(14)25-11-8-21-18(20)22-13-6-7-16-17(12-13)24-10-3-9-23-16/h1-2,4-7,12H,3,8-11H2,(H3,20,21,22). The molecular formula is C18H20FN3O3. The lowest BCUT2D eigenvalue weighted by Gasteiger charge is -2.11. The first-order valence-corrected chi connectivity index (χ1v) is 8.06. The molecular weight excluding hydrogens is 325 g/mol. The molecule has 7 heteroatoms. The van der Waals surface area contributed by atoms with Crippen molar-refractivity contribution in [3.8, 4) is 17.2 Å². The van der Waals surface area contributed by atoms with Gasteiger partial charge in [-0.05, 0) is 24.3 Å². The second kappa shape index (κ2) is 8.23. The van der Waals surface area contributed by atoms with Gasteiger partial charge in [-0.2, -0.15) is 0 Å². The van der Waals surface area contributed by atoms with Crippen molar-refractivity contribution >= 4 is 11.6 Å². The number of nitrogens with zero attached hydrogens (tertiary/aromatic N) is 1. The molecule has 132 valence electrons. The fraction of sp³-hybridized carbons (Fsp3) is 0.278. The molecule has 0 unspecified atom stereocenters. The lowest BCUT2D eigenvalue weighted by molar-refractivity contribution is 0.297. The van der Waals surface area contributed by atoms with E-state index in [4.69, 9.17) is 19.9 Å². The van der Waals surface area contributed by atoms with Crippen molar-refractivity contribution in [2.75, 3.05) is 31.7 Å². The molecule has 1 aliphatic rings. The zero-order valence-electron chi connectivity index (χ0n) is 13.7. The summed E-state index contributed by atoms with van der Waals surface area (Å²) in [6, 6.07) is 11.7. The van der Waals surface area contributed by atoms with Gasteiger partial charge < -0.3 is 25.3 Å². The van der Waals surface area contributed by atoms with Gasteiger partial charge in [-0.15, -0.1) is 0 Å². The smallest absolute Gasteiger partial charge is 0.193 e. The van der Waals surface area contributed by atoms with Crippen LogP contribution in [0.25, 0.3) is 0 Å².